The number of hydrogen-bond acceptors (Lipinski definition) is 5. The molecule has 1 aromatic rings. The second-order valence-corrected chi connectivity index (χ2v) is 8.00. The highest BCUT2D eigenvalue weighted by atomic mass is 31.0. The number of nitrogens with two attached hydrogens (primary N) is 2. The van der Waals surface area contributed by atoms with Crippen LogP contribution in [0.3, 0.4) is 0 Å². The maximum atomic E-state index is 13.5. The molecular formula is C22H32FN4O3P. The minimum absolute atomic E-state index is 0.0214. The predicted molar refractivity (Wildman–Crippen MR) is 125 cm³/mol. The van der Waals surface area contributed by atoms with Gasteiger partial charge in [-0.2, -0.15) is 0 Å². The van der Waals surface area contributed by atoms with Crippen LogP contribution in [-0.2, 0) is 16.0 Å². The van der Waals surface area contributed by atoms with Crippen LogP contribution in [0.5, 0.6) is 0 Å². The lowest BCUT2D eigenvalue weighted by Crippen LogP contribution is -2.48. The van der Waals surface area contributed by atoms with Gasteiger partial charge in [-0.1, -0.05) is 43.5 Å². The lowest BCUT2D eigenvalue weighted by Gasteiger charge is -2.18. The molecular weight excluding hydrogens is 418 g/mol. The van der Waals surface area contributed by atoms with Gasteiger partial charge >= 0.3 is 0 Å². The van der Waals surface area contributed by atoms with Crippen molar-refractivity contribution in [2.24, 2.45) is 11.5 Å². The van der Waals surface area contributed by atoms with Gasteiger partial charge in [-0.05, 0) is 35.4 Å². The van der Waals surface area contributed by atoms with E-state index >= 15 is 0 Å². The van der Waals surface area contributed by atoms with Crippen LogP contribution < -0.4 is 22.1 Å². The topological polar surface area (TPSA) is 130 Å². The molecule has 2 amide bonds. The lowest BCUT2D eigenvalue weighted by atomic mass is 10.0. The van der Waals surface area contributed by atoms with Gasteiger partial charge in [-0.25, -0.2) is 4.39 Å². The molecule has 0 spiro atoms. The first-order chi connectivity index (χ1) is 14.6. The van der Waals surface area contributed by atoms with Gasteiger partial charge < -0.3 is 27.2 Å². The number of halogens is 1. The molecule has 0 aromatic heterocycles. The summed E-state index contributed by atoms with van der Waals surface area (Å²) in [6, 6.07) is 7.96. The summed E-state index contributed by atoms with van der Waals surface area (Å²) in [4.78, 5) is 24.0. The van der Waals surface area contributed by atoms with E-state index < -0.39 is 29.9 Å². The molecule has 0 saturated carbocycles. The van der Waals surface area contributed by atoms with Crippen LogP contribution >= 0.6 is 9.24 Å². The molecule has 1 rings (SSSR count). The number of amides is 2. The fourth-order valence-electron chi connectivity index (χ4n) is 2.82. The van der Waals surface area contributed by atoms with Crippen molar-refractivity contribution in [3.05, 3.63) is 71.8 Å². The summed E-state index contributed by atoms with van der Waals surface area (Å²) >= 11 is 0. The molecule has 0 aliphatic heterocycles. The maximum absolute atomic E-state index is 13.5. The van der Waals surface area contributed by atoms with Gasteiger partial charge in [0.25, 0.3) is 5.91 Å². The Morgan fingerprint density at radius 3 is 2.32 bits per heavy atom. The summed E-state index contributed by atoms with van der Waals surface area (Å²) in [5.74, 6) is -1.56. The molecule has 0 bridgehead atoms. The van der Waals surface area contributed by atoms with Gasteiger partial charge in [-0.3, -0.25) is 9.59 Å². The normalized spacial score (nSPS) is 14.3. The van der Waals surface area contributed by atoms with Crippen LogP contribution in [0.15, 0.2) is 66.3 Å². The number of rotatable bonds is 13. The predicted octanol–water partition coefficient (Wildman–Crippen LogP) is 1.06. The first-order valence-electron chi connectivity index (χ1n) is 9.87. The summed E-state index contributed by atoms with van der Waals surface area (Å²) in [5.41, 5.74) is 13.0. The Hall–Kier alpha value is -2.38. The SMILES string of the molecule is C=C(P)/C=C(/CC(N)CC(=O)NCCNC(=O)C(O)C(N)Cc1ccccc1)C(=C)F. The number of aliphatic hydroxyl groups excluding tert-OH is 1. The minimum atomic E-state index is -1.37. The average Bonchev–Trinajstić information content (AvgIpc) is 2.70. The van der Waals surface area contributed by atoms with Crippen molar-refractivity contribution < 1.29 is 19.1 Å². The Morgan fingerprint density at radius 2 is 1.74 bits per heavy atom. The molecule has 4 atom stereocenters. The van der Waals surface area contributed by atoms with E-state index in [2.05, 4.69) is 33.0 Å². The molecule has 0 aliphatic rings. The van der Waals surface area contributed by atoms with Crippen LogP contribution in [0.4, 0.5) is 4.39 Å². The first kappa shape index (κ1) is 26.7. The van der Waals surface area contributed by atoms with E-state index in [4.69, 9.17) is 11.5 Å². The van der Waals surface area contributed by atoms with Crippen LogP contribution in [0.1, 0.15) is 18.4 Å². The molecule has 0 heterocycles. The van der Waals surface area contributed by atoms with Crippen LogP contribution in [-0.4, -0.2) is 48.2 Å². The highest BCUT2D eigenvalue weighted by Crippen LogP contribution is 2.20. The van der Waals surface area contributed by atoms with Crippen molar-refractivity contribution in [1.29, 1.82) is 0 Å². The first-order valence-corrected chi connectivity index (χ1v) is 10.4. The van der Waals surface area contributed by atoms with E-state index in [-0.39, 0.29) is 37.4 Å². The zero-order valence-corrected chi connectivity index (χ0v) is 18.7. The molecule has 4 unspecified atom stereocenters. The number of benzene rings is 1. The summed E-state index contributed by atoms with van der Waals surface area (Å²) < 4.78 is 13.5. The molecule has 0 fully saturated rings. The molecule has 170 valence electrons. The Kier molecular flexibility index (Phi) is 11.9. The van der Waals surface area contributed by atoms with Gasteiger partial charge in [0.15, 0.2) is 0 Å². The number of nitrogens with one attached hydrogen (secondary N) is 2. The zero-order chi connectivity index (χ0) is 23.4. The molecule has 0 aliphatic carbocycles. The second kappa shape index (κ2) is 13.8. The van der Waals surface area contributed by atoms with Crippen LogP contribution in [0, 0.1) is 0 Å². The zero-order valence-electron chi connectivity index (χ0n) is 17.5. The monoisotopic (exact) mass is 450 g/mol. The Morgan fingerprint density at radius 1 is 1.13 bits per heavy atom. The maximum Gasteiger partial charge on any atom is 0.250 e. The van der Waals surface area contributed by atoms with Crippen molar-refractivity contribution >= 4 is 21.1 Å². The number of carbonyl (C=O) groups excluding carboxylic acids is 2. The van der Waals surface area contributed by atoms with Gasteiger partial charge in [0.05, 0.1) is 0 Å². The number of aliphatic hydroxyl groups is 1. The summed E-state index contributed by atoms with van der Waals surface area (Å²) in [5, 5.41) is 15.8. The highest BCUT2D eigenvalue weighted by molar-refractivity contribution is 7.22. The summed E-state index contributed by atoms with van der Waals surface area (Å²) in [7, 11) is 2.34. The van der Waals surface area contributed by atoms with Crippen molar-refractivity contribution in [3.63, 3.8) is 0 Å². The van der Waals surface area contributed by atoms with Crippen molar-refractivity contribution in [1.82, 2.24) is 10.6 Å². The highest BCUT2D eigenvalue weighted by Gasteiger charge is 2.22. The van der Waals surface area contributed by atoms with Gasteiger partial charge in [0, 0.05) is 31.6 Å². The van der Waals surface area contributed by atoms with E-state index in [1.165, 1.54) is 6.08 Å². The van der Waals surface area contributed by atoms with Gasteiger partial charge in [-0.15, -0.1) is 9.24 Å². The lowest BCUT2D eigenvalue weighted by molar-refractivity contribution is -0.130. The standard InChI is InChI=1S/C22H32FN4O3P/c1-14(31)10-17(15(2)23)12-18(24)13-20(28)26-8-9-27-22(30)21(29)19(25)11-16-6-4-3-5-7-16/h3-7,10,18-19,21,29H,1-2,8-9,11-13,24-25,31H2,(H,26,28)(H,27,30)/b17-10-. The van der Waals surface area contributed by atoms with Crippen molar-refractivity contribution in [3.8, 4) is 0 Å². The fourth-order valence-corrected chi connectivity index (χ4v) is 3.02. The Balaban J connectivity index is 2.33. The molecule has 7 nitrogen and oxygen atoms in total. The third kappa shape index (κ3) is 11.0. The van der Waals surface area contributed by atoms with Gasteiger partial charge in [0.1, 0.15) is 11.9 Å². The molecule has 0 radical (unpaired) electrons. The molecule has 1 aromatic carbocycles. The molecule has 31 heavy (non-hydrogen) atoms. The van der Waals surface area contributed by atoms with Gasteiger partial charge in [0.2, 0.25) is 5.91 Å². The van der Waals surface area contributed by atoms with Crippen molar-refractivity contribution in [2.45, 2.75) is 37.5 Å². The molecule has 7 N–H and O–H groups in total. The second-order valence-electron chi connectivity index (χ2n) is 7.26. The van der Waals surface area contributed by atoms with Crippen LogP contribution in [0.2, 0.25) is 0 Å². The van der Waals surface area contributed by atoms with E-state index in [9.17, 15) is 19.1 Å². The Labute approximate surface area is 185 Å². The fraction of sp³-hybridized carbons (Fsp3) is 0.364. The molecule has 9 heteroatoms. The van der Waals surface area contributed by atoms with Crippen molar-refractivity contribution in [2.75, 3.05) is 13.1 Å². The quantitative estimate of drug-likeness (QED) is 0.174. The van der Waals surface area contributed by atoms with Crippen LogP contribution in [0.25, 0.3) is 0 Å². The number of hydrogen-bond donors (Lipinski definition) is 5. The average molecular weight is 450 g/mol. The third-order valence-electron chi connectivity index (χ3n) is 4.37. The smallest absolute Gasteiger partial charge is 0.250 e. The van der Waals surface area contributed by atoms with E-state index in [0.29, 0.717) is 11.7 Å². The minimum Gasteiger partial charge on any atom is -0.382 e. The summed E-state index contributed by atoms with van der Waals surface area (Å²) in [6.45, 7) is 7.18. The largest absolute Gasteiger partial charge is 0.382 e. The van der Waals surface area contributed by atoms with E-state index in [0.717, 1.165) is 5.56 Å². The Bertz CT molecular complexity index is 801. The third-order valence-corrected chi connectivity index (χ3v) is 4.54. The number of allylic oxidation sites excluding steroid dienone is 3. The summed E-state index contributed by atoms with van der Waals surface area (Å²) in [6.07, 6.45) is 0.615. The van der Waals surface area contributed by atoms with E-state index in [1.54, 1.807) is 0 Å². The van der Waals surface area contributed by atoms with E-state index in [1.807, 2.05) is 30.3 Å². The molecule has 0 saturated heterocycles. The number of carbonyl (C=O) groups is 2.